The van der Waals surface area contributed by atoms with E-state index in [0.29, 0.717) is 18.2 Å². The Morgan fingerprint density at radius 1 is 1.26 bits per heavy atom. The summed E-state index contributed by atoms with van der Waals surface area (Å²) >= 11 is 0. The molecule has 126 valence electrons. The Bertz CT molecular complexity index is 606. The number of aliphatic hydroxyl groups excluding tert-OH is 1. The average Bonchev–Trinajstić information content (AvgIpc) is 2.96. The molecule has 0 spiro atoms. The van der Waals surface area contributed by atoms with Gasteiger partial charge in [0, 0.05) is 18.9 Å². The summed E-state index contributed by atoms with van der Waals surface area (Å²) in [5, 5.41) is 17.8. The normalized spacial score (nSPS) is 11.2. The second-order valence-corrected chi connectivity index (χ2v) is 5.83. The lowest BCUT2D eigenvalue weighted by atomic mass is 9.97. The molecule has 2 rings (SSSR count). The average molecular weight is 317 g/mol. The van der Waals surface area contributed by atoms with E-state index in [-0.39, 0.29) is 6.61 Å². The number of hydrogen-bond acceptors (Lipinski definition) is 4. The molecule has 5 nitrogen and oxygen atoms in total. The molecule has 0 aliphatic carbocycles. The van der Waals surface area contributed by atoms with Gasteiger partial charge in [0.2, 0.25) is 0 Å². The van der Waals surface area contributed by atoms with Crippen LogP contribution in [0, 0.1) is 6.92 Å². The first kappa shape index (κ1) is 17.5. The molecule has 0 atom stereocenters. The molecule has 0 fully saturated rings. The number of nitrogens with zero attached hydrogens (tertiary/aromatic N) is 3. The van der Waals surface area contributed by atoms with Gasteiger partial charge in [-0.15, -0.1) is 5.10 Å². The molecule has 0 unspecified atom stereocenters. The molecule has 2 aromatic rings. The molecule has 0 aliphatic rings. The van der Waals surface area contributed by atoms with Crippen molar-refractivity contribution in [3.05, 3.63) is 41.2 Å². The molecule has 1 N–H and O–H groups in total. The molecule has 1 aromatic heterocycles. The molecule has 5 heteroatoms. The third kappa shape index (κ3) is 4.55. The Morgan fingerprint density at radius 3 is 2.70 bits per heavy atom. The first-order valence-electron chi connectivity index (χ1n) is 8.42. The summed E-state index contributed by atoms with van der Waals surface area (Å²) in [6.45, 7) is 7.72. The summed E-state index contributed by atoms with van der Waals surface area (Å²) in [5.74, 6) is 1.30. The summed E-state index contributed by atoms with van der Waals surface area (Å²) < 4.78 is 7.72. The van der Waals surface area contributed by atoms with Crippen molar-refractivity contribution < 1.29 is 9.84 Å². The van der Waals surface area contributed by atoms with Crippen LogP contribution in [-0.2, 0) is 13.2 Å². The molecule has 0 amide bonds. The van der Waals surface area contributed by atoms with E-state index in [0.717, 1.165) is 37.3 Å². The molecule has 0 radical (unpaired) electrons. The largest absolute Gasteiger partial charge is 0.494 e. The van der Waals surface area contributed by atoms with Crippen LogP contribution >= 0.6 is 0 Å². The maximum Gasteiger partial charge on any atom is 0.119 e. The van der Waals surface area contributed by atoms with Crippen LogP contribution in [-0.4, -0.2) is 26.7 Å². The van der Waals surface area contributed by atoms with Crippen LogP contribution in [0.4, 0.5) is 0 Å². The van der Waals surface area contributed by atoms with Crippen LogP contribution in [0.3, 0.4) is 0 Å². The van der Waals surface area contributed by atoms with E-state index < -0.39 is 0 Å². The van der Waals surface area contributed by atoms with Crippen LogP contribution in [0.5, 0.6) is 5.75 Å². The smallest absolute Gasteiger partial charge is 0.119 e. The van der Waals surface area contributed by atoms with Crippen molar-refractivity contribution in [2.24, 2.45) is 0 Å². The van der Waals surface area contributed by atoms with E-state index >= 15 is 0 Å². The minimum absolute atomic E-state index is 0.0500. The van der Waals surface area contributed by atoms with Crippen LogP contribution in [0.15, 0.2) is 24.3 Å². The van der Waals surface area contributed by atoms with E-state index in [1.165, 1.54) is 5.56 Å². The van der Waals surface area contributed by atoms with Crippen molar-refractivity contribution in [3.8, 4) is 5.75 Å². The summed E-state index contributed by atoms with van der Waals surface area (Å²) in [6.07, 6.45) is 2.91. The maximum absolute atomic E-state index is 9.48. The highest BCUT2D eigenvalue weighted by Crippen LogP contribution is 2.25. The van der Waals surface area contributed by atoms with Crippen molar-refractivity contribution in [3.63, 3.8) is 0 Å². The molecule has 0 saturated carbocycles. The van der Waals surface area contributed by atoms with E-state index in [2.05, 4.69) is 37.1 Å². The van der Waals surface area contributed by atoms with Gasteiger partial charge in [0.05, 0.1) is 18.9 Å². The lowest BCUT2D eigenvalue weighted by Crippen LogP contribution is -2.12. The van der Waals surface area contributed by atoms with Crippen LogP contribution in [0.1, 0.15) is 56.0 Å². The fourth-order valence-corrected chi connectivity index (χ4v) is 2.87. The Morgan fingerprint density at radius 2 is 2.04 bits per heavy atom. The van der Waals surface area contributed by atoms with Gasteiger partial charge in [-0.3, -0.25) is 0 Å². The molecule has 1 aromatic carbocycles. The zero-order chi connectivity index (χ0) is 16.7. The topological polar surface area (TPSA) is 60.2 Å². The van der Waals surface area contributed by atoms with Gasteiger partial charge in [0.15, 0.2) is 0 Å². The summed E-state index contributed by atoms with van der Waals surface area (Å²) in [4.78, 5) is 0. The minimum Gasteiger partial charge on any atom is -0.494 e. The number of rotatable bonds is 9. The van der Waals surface area contributed by atoms with Gasteiger partial charge >= 0.3 is 0 Å². The zero-order valence-electron chi connectivity index (χ0n) is 14.3. The van der Waals surface area contributed by atoms with E-state index in [4.69, 9.17) is 4.74 Å². The molecular weight excluding hydrogens is 290 g/mol. The van der Waals surface area contributed by atoms with Crippen molar-refractivity contribution in [2.75, 3.05) is 6.61 Å². The highest BCUT2D eigenvalue weighted by molar-refractivity contribution is 5.27. The highest BCUT2D eigenvalue weighted by Gasteiger charge is 2.19. The predicted molar refractivity (Wildman–Crippen MR) is 90.6 cm³/mol. The lowest BCUT2D eigenvalue weighted by Gasteiger charge is -2.15. The number of hydrogen-bond donors (Lipinski definition) is 1. The highest BCUT2D eigenvalue weighted by atomic mass is 16.5. The fraction of sp³-hybridized carbons (Fsp3) is 0.556. The number of aromatic nitrogens is 3. The molecule has 0 aliphatic heterocycles. The van der Waals surface area contributed by atoms with Gasteiger partial charge in [-0.1, -0.05) is 31.2 Å². The van der Waals surface area contributed by atoms with E-state index in [1.807, 2.05) is 22.9 Å². The molecular formula is C18H27N3O2. The Kier molecular flexibility index (Phi) is 6.59. The van der Waals surface area contributed by atoms with Crippen molar-refractivity contribution >= 4 is 0 Å². The van der Waals surface area contributed by atoms with Crippen molar-refractivity contribution in [1.82, 2.24) is 15.0 Å². The number of benzene rings is 1. The Labute approximate surface area is 138 Å². The van der Waals surface area contributed by atoms with Gasteiger partial charge in [-0.25, -0.2) is 4.68 Å². The molecule has 23 heavy (non-hydrogen) atoms. The first-order valence-corrected chi connectivity index (χ1v) is 8.42. The van der Waals surface area contributed by atoms with Crippen molar-refractivity contribution in [1.29, 1.82) is 0 Å². The second-order valence-electron chi connectivity index (χ2n) is 5.83. The Balaban J connectivity index is 1.94. The summed E-state index contributed by atoms with van der Waals surface area (Å²) in [6, 6.07) is 8.07. The Hall–Kier alpha value is -1.88. The lowest BCUT2D eigenvalue weighted by molar-refractivity contribution is 0.274. The summed E-state index contributed by atoms with van der Waals surface area (Å²) in [5.41, 5.74) is 2.98. The number of aryl methyl sites for hydroxylation is 2. The fourth-order valence-electron chi connectivity index (χ4n) is 2.87. The molecule has 1 heterocycles. The number of aliphatic hydroxyl groups is 1. The van der Waals surface area contributed by atoms with E-state index in [1.54, 1.807) is 0 Å². The second kappa shape index (κ2) is 8.67. The quantitative estimate of drug-likeness (QED) is 0.720. The minimum atomic E-state index is -0.0500. The van der Waals surface area contributed by atoms with Crippen molar-refractivity contribution in [2.45, 2.75) is 59.1 Å². The van der Waals surface area contributed by atoms with Crippen LogP contribution in [0.2, 0.25) is 0 Å². The van der Waals surface area contributed by atoms with Gasteiger partial charge in [-0.05, 0) is 37.5 Å². The van der Waals surface area contributed by atoms with Gasteiger partial charge in [0.25, 0.3) is 0 Å². The monoisotopic (exact) mass is 317 g/mol. The summed E-state index contributed by atoms with van der Waals surface area (Å²) in [7, 11) is 0. The van der Waals surface area contributed by atoms with Crippen LogP contribution < -0.4 is 4.74 Å². The maximum atomic E-state index is 9.48. The predicted octanol–water partition coefficient (Wildman–Crippen LogP) is 3.45. The molecule has 0 saturated heterocycles. The SMILES string of the molecule is CCC(CC)c1c(CO)nnn1CCCOc1cccc(C)c1. The third-order valence-electron chi connectivity index (χ3n) is 4.14. The van der Waals surface area contributed by atoms with E-state index in [9.17, 15) is 5.11 Å². The molecule has 0 bridgehead atoms. The number of ether oxygens (including phenoxy) is 1. The van der Waals surface area contributed by atoms with Crippen LogP contribution in [0.25, 0.3) is 0 Å². The third-order valence-corrected chi connectivity index (χ3v) is 4.14. The first-order chi connectivity index (χ1) is 11.2. The zero-order valence-corrected chi connectivity index (χ0v) is 14.3. The van der Waals surface area contributed by atoms with Gasteiger partial charge < -0.3 is 9.84 Å². The van der Waals surface area contributed by atoms with Gasteiger partial charge in [0.1, 0.15) is 11.4 Å². The van der Waals surface area contributed by atoms with Gasteiger partial charge in [-0.2, -0.15) is 0 Å². The standard InChI is InChI=1S/C18H27N3O2/c1-4-15(5-2)18-17(13-22)19-20-21(18)10-7-11-23-16-9-6-8-14(3)12-16/h6,8-9,12,15,22H,4-5,7,10-11,13H2,1-3H3.